The molecule has 4 nitrogen and oxygen atoms in total. The zero-order valence-electron chi connectivity index (χ0n) is 7.53. The monoisotopic (exact) mass is 171 g/mol. The van der Waals surface area contributed by atoms with E-state index in [1.165, 1.54) is 11.0 Å². The number of hydrogen-bond acceptors (Lipinski definition) is 3. The highest BCUT2D eigenvalue weighted by molar-refractivity contribution is 5.90. The molecule has 0 spiro atoms. The molecule has 0 radical (unpaired) electrons. The number of carbonyl (C=O) groups is 1. The highest BCUT2D eigenvalue weighted by atomic mass is 16.5. The lowest BCUT2D eigenvalue weighted by Gasteiger charge is -2.20. The fourth-order valence-corrected chi connectivity index (χ4v) is 1.16. The number of hydrogen-bond donors (Lipinski definition) is 0. The Kier molecular flexibility index (Phi) is 2.70. The quantitative estimate of drug-likeness (QED) is 0.615. The summed E-state index contributed by atoms with van der Waals surface area (Å²) >= 11 is 0. The molecule has 0 aromatic heterocycles. The summed E-state index contributed by atoms with van der Waals surface area (Å²) in [6, 6.07) is 0. The van der Waals surface area contributed by atoms with Crippen LogP contribution in [0.2, 0.25) is 0 Å². The van der Waals surface area contributed by atoms with Crippen molar-refractivity contribution in [1.29, 1.82) is 0 Å². The summed E-state index contributed by atoms with van der Waals surface area (Å²) in [6.07, 6.45) is 1.11. The van der Waals surface area contributed by atoms with Gasteiger partial charge < -0.3 is 14.4 Å². The predicted molar refractivity (Wildman–Crippen MR) is 43.3 cm³/mol. The zero-order valence-corrected chi connectivity index (χ0v) is 7.53. The number of amides is 1. The minimum atomic E-state index is -0.350. The van der Waals surface area contributed by atoms with Crippen molar-refractivity contribution in [2.75, 3.05) is 20.8 Å². The molecule has 0 aliphatic carbocycles. The van der Waals surface area contributed by atoms with Crippen LogP contribution in [0, 0.1) is 0 Å². The largest absolute Gasteiger partial charge is 0.493 e. The topological polar surface area (TPSA) is 38.8 Å². The molecule has 1 atom stereocenters. The summed E-state index contributed by atoms with van der Waals surface area (Å²) in [5.41, 5.74) is 0. The van der Waals surface area contributed by atoms with Gasteiger partial charge in [-0.05, 0) is 6.92 Å². The SMILES string of the molecule is CCOC1=CC(=O)N(C)C1OC. The molecule has 68 valence electrons. The van der Waals surface area contributed by atoms with Crippen LogP contribution in [0.25, 0.3) is 0 Å². The molecule has 1 unspecified atom stereocenters. The minimum absolute atomic E-state index is 0.0784. The average molecular weight is 171 g/mol. The van der Waals surface area contributed by atoms with E-state index < -0.39 is 0 Å². The Morgan fingerprint density at radius 3 is 2.83 bits per heavy atom. The summed E-state index contributed by atoms with van der Waals surface area (Å²) in [6.45, 7) is 2.42. The van der Waals surface area contributed by atoms with Crippen LogP contribution >= 0.6 is 0 Å². The van der Waals surface area contributed by atoms with Gasteiger partial charge in [-0.1, -0.05) is 0 Å². The lowest BCUT2D eigenvalue weighted by atomic mass is 10.4. The van der Waals surface area contributed by atoms with Gasteiger partial charge in [-0.15, -0.1) is 0 Å². The summed E-state index contributed by atoms with van der Waals surface area (Å²) in [5, 5.41) is 0. The van der Waals surface area contributed by atoms with Crippen molar-refractivity contribution in [2.24, 2.45) is 0 Å². The van der Waals surface area contributed by atoms with E-state index in [2.05, 4.69) is 0 Å². The second kappa shape index (κ2) is 3.58. The van der Waals surface area contributed by atoms with E-state index in [1.54, 1.807) is 14.2 Å². The maximum absolute atomic E-state index is 11.1. The first kappa shape index (κ1) is 9.06. The Morgan fingerprint density at radius 2 is 2.33 bits per heavy atom. The average Bonchev–Trinajstić information content (AvgIpc) is 2.29. The van der Waals surface area contributed by atoms with E-state index in [0.29, 0.717) is 12.4 Å². The van der Waals surface area contributed by atoms with Crippen LogP contribution in [0.3, 0.4) is 0 Å². The molecule has 0 bridgehead atoms. The van der Waals surface area contributed by atoms with Crippen molar-refractivity contribution < 1.29 is 14.3 Å². The third kappa shape index (κ3) is 1.43. The smallest absolute Gasteiger partial charge is 0.252 e. The fourth-order valence-electron chi connectivity index (χ4n) is 1.16. The van der Waals surface area contributed by atoms with E-state index in [0.717, 1.165) is 0 Å². The van der Waals surface area contributed by atoms with Crippen molar-refractivity contribution in [2.45, 2.75) is 13.2 Å². The van der Waals surface area contributed by atoms with E-state index in [1.807, 2.05) is 6.92 Å². The Morgan fingerprint density at radius 1 is 1.67 bits per heavy atom. The Labute approximate surface area is 71.7 Å². The summed E-state index contributed by atoms with van der Waals surface area (Å²) in [7, 11) is 3.23. The molecule has 12 heavy (non-hydrogen) atoms. The minimum Gasteiger partial charge on any atom is -0.493 e. The van der Waals surface area contributed by atoms with Gasteiger partial charge in [0.15, 0.2) is 12.0 Å². The Balaban J connectivity index is 2.71. The molecule has 4 heteroatoms. The van der Waals surface area contributed by atoms with Gasteiger partial charge in [0.1, 0.15) is 0 Å². The molecule has 1 rings (SSSR count). The zero-order chi connectivity index (χ0) is 9.14. The second-order valence-corrected chi connectivity index (χ2v) is 2.52. The maximum atomic E-state index is 11.1. The number of methoxy groups -OCH3 is 1. The predicted octanol–water partition coefficient (Wildman–Crippen LogP) is 0.351. The van der Waals surface area contributed by atoms with Crippen LogP contribution in [0.1, 0.15) is 6.92 Å². The third-order valence-corrected chi connectivity index (χ3v) is 1.74. The van der Waals surface area contributed by atoms with E-state index in [4.69, 9.17) is 9.47 Å². The van der Waals surface area contributed by atoms with Crippen molar-refractivity contribution >= 4 is 5.91 Å². The summed E-state index contributed by atoms with van der Waals surface area (Å²) < 4.78 is 10.3. The van der Waals surface area contributed by atoms with Crippen molar-refractivity contribution in [3.05, 3.63) is 11.8 Å². The van der Waals surface area contributed by atoms with Gasteiger partial charge >= 0.3 is 0 Å². The van der Waals surface area contributed by atoms with Gasteiger partial charge in [0.2, 0.25) is 0 Å². The van der Waals surface area contributed by atoms with Crippen LogP contribution < -0.4 is 0 Å². The normalized spacial score (nSPS) is 22.9. The van der Waals surface area contributed by atoms with Crippen LogP contribution in [0.5, 0.6) is 0 Å². The molecule has 0 aromatic carbocycles. The van der Waals surface area contributed by atoms with Gasteiger partial charge in [0.05, 0.1) is 6.61 Å². The first-order chi connectivity index (χ1) is 5.70. The fraction of sp³-hybridized carbons (Fsp3) is 0.625. The number of carbonyl (C=O) groups excluding carboxylic acids is 1. The Hall–Kier alpha value is -1.03. The molecular weight excluding hydrogens is 158 g/mol. The van der Waals surface area contributed by atoms with E-state index in [9.17, 15) is 4.79 Å². The maximum Gasteiger partial charge on any atom is 0.252 e. The van der Waals surface area contributed by atoms with Crippen LogP contribution in [0.4, 0.5) is 0 Å². The molecule has 0 saturated carbocycles. The molecule has 1 heterocycles. The number of ether oxygens (including phenoxy) is 2. The highest BCUT2D eigenvalue weighted by Gasteiger charge is 2.30. The van der Waals surface area contributed by atoms with Gasteiger partial charge in [-0.2, -0.15) is 0 Å². The van der Waals surface area contributed by atoms with Crippen LogP contribution in [-0.4, -0.2) is 37.8 Å². The van der Waals surface area contributed by atoms with Crippen molar-refractivity contribution in [1.82, 2.24) is 4.90 Å². The molecular formula is C8H13NO3. The molecule has 1 amide bonds. The lowest BCUT2D eigenvalue weighted by Crippen LogP contribution is -2.33. The summed E-state index contributed by atoms with van der Waals surface area (Å²) in [4.78, 5) is 12.6. The molecule has 0 fully saturated rings. The second-order valence-electron chi connectivity index (χ2n) is 2.52. The Bertz CT molecular complexity index is 212. The van der Waals surface area contributed by atoms with E-state index >= 15 is 0 Å². The molecule has 1 aliphatic rings. The number of likely N-dealkylation sites (N-methyl/N-ethyl adjacent to an activating group) is 1. The van der Waals surface area contributed by atoms with Gasteiger partial charge in [0.25, 0.3) is 5.91 Å². The third-order valence-electron chi connectivity index (χ3n) is 1.74. The first-order valence-electron chi connectivity index (χ1n) is 3.84. The molecule has 0 aromatic rings. The first-order valence-corrected chi connectivity index (χ1v) is 3.84. The highest BCUT2D eigenvalue weighted by Crippen LogP contribution is 2.18. The standard InChI is InChI=1S/C8H13NO3/c1-4-12-6-5-7(10)9(2)8(6)11-3/h5,8H,4H2,1-3H3. The van der Waals surface area contributed by atoms with Crippen molar-refractivity contribution in [3.63, 3.8) is 0 Å². The number of rotatable bonds is 3. The lowest BCUT2D eigenvalue weighted by molar-refractivity contribution is -0.131. The van der Waals surface area contributed by atoms with E-state index in [-0.39, 0.29) is 12.1 Å². The van der Waals surface area contributed by atoms with Gasteiger partial charge in [-0.25, -0.2) is 0 Å². The number of nitrogens with zero attached hydrogens (tertiary/aromatic N) is 1. The van der Waals surface area contributed by atoms with Gasteiger partial charge in [-0.3, -0.25) is 4.79 Å². The molecule has 0 saturated heterocycles. The van der Waals surface area contributed by atoms with Gasteiger partial charge in [0, 0.05) is 20.2 Å². The molecule has 0 N–H and O–H groups in total. The summed E-state index contributed by atoms with van der Waals surface area (Å²) in [5.74, 6) is 0.512. The van der Waals surface area contributed by atoms with Crippen molar-refractivity contribution in [3.8, 4) is 0 Å². The molecule has 1 aliphatic heterocycles. The van der Waals surface area contributed by atoms with Crippen LogP contribution in [-0.2, 0) is 14.3 Å². The van der Waals surface area contributed by atoms with Crippen LogP contribution in [0.15, 0.2) is 11.8 Å².